The minimum atomic E-state index is -0.186. The van der Waals surface area contributed by atoms with E-state index in [4.69, 9.17) is 4.74 Å². The van der Waals surface area contributed by atoms with Crippen LogP contribution in [-0.4, -0.2) is 17.5 Å². The van der Waals surface area contributed by atoms with E-state index >= 15 is 0 Å². The lowest BCUT2D eigenvalue weighted by Gasteiger charge is -2.08. The third-order valence-electron chi connectivity index (χ3n) is 2.99. The molecule has 0 aliphatic heterocycles. The van der Waals surface area contributed by atoms with Crippen molar-refractivity contribution in [2.24, 2.45) is 0 Å². The van der Waals surface area contributed by atoms with Crippen LogP contribution in [0.5, 0.6) is 5.75 Å². The number of ether oxygens (including phenoxy) is 1. The highest BCUT2D eigenvalue weighted by molar-refractivity contribution is 6.03. The highest BCUT2D eigenvalue weighted by atomic mass is 16.5. The van der Waals surface area contributed by atoms with Gasteiger partial charge in [-0.1, -0.05) is 25.5 Å². The summed E-state index contributed by atoms with van der Waals surface area (Å²) in [5, 5.41) is 2.79. The van der Waals surface area contributed by atoms with E-state index in [1.54, 1.807) is 18.2 Å². The molecule has 0 saturated carbocycles. The standard InChI is InChI=1S/C17H20N2O2/c1-3-4-11-21-15-9-6-8-14(12-15)17(20)19-16-10-5-7-13(2)18-16/h5-10,12H,3-4,11H2,1-2H3,(H,18,19,20). The van der Waals surface area contributed by atoms with Gasteiger partial charge in [-0.3, -0.25) is 4.79 Å². The third kappa shape index (κ3) is 4.60. The molecule has 1 N–H and O–H groups in total. The van der Waals surface area contributed by atoms with Gasteiger partial charge in [0.2, 0.25) is 0 Å². The van der Waals surface area contributed by atoms with Crippen LogP contribution in [0.4, 0.5) is 5.82 Å². The van der Waals surface area contributed by atoms with Crippen molar-refractivity contribution in [1.29, 1.82) is 0 Å². The molecule has 1 aromatic carbocycles. The van der Waals surface area contributed by atoms with E-state index in [-0.39, 0.29) is 5.91 Å². The fraction of sp³-hybridized carbons (Fsp3) is 0.294. The highest BCUT2D eigenvalue weighted by Gasteiger charge is 2.08. The van der Waals surface area contributed by atoms with Gasteiger partial charge in [-0.2, -0.15) is 0 Å². The predicted molar refractivity (Wildman–Crippen MR) is 83.8 cm³/mol. The van der Waals surface area contributed by atoms with Crippen LogP contribution in [0.25, 0.3) is 0 Å². The number of amides is 1. The number of hydrogen-bond acceptors (Lipinski definition) is 3. The third-order valence-corrected chi connectivity index (χ3v) is 2.99. The maximum absolute atomic E-state index is 12.2. The molecule has 21 heavy (non-hydrogen) atoms. The lowest BCUT2D eigenvalue weighted by Crippen LogP contribution is -2.13. The topological polar surface area (TPSA) is 51.2 Å². The number of rotatable bonds is 6. The van der Waals surface area contributed by atoms with Gasteiger partial charge in [0.15, 0.2) is 0 Å². The second-order valence-corrected chi connectivity index (χ2v) is 4.85. The van der Waals surface area contributed by atoms with Crippen molar-refractivity contribution in [2.75, 3.05) is 11.9 Å². The van der Waals surface area contributed by atoms with Crippen LogP contribution in [0.15, 0.2) is 42.5 Å². The molecule has 1 aromatic heterocycles. The van der Waals surface area contributed by atoms with E-state index < -0.39 is 0 Å². The largest absolute Gasteiger partial charge is 0.494 e. The van der Waals surface area contributed by atoms with Crippen LogP contribution in [0.2, 0.25) is 0 Å². The van der Waals surface area contributed by atoms with Gasteiger partial charge in [0.1, 0.15) is 11.6 Å². The molecule has 0 atom stereocenters. The Morgan fingerprint density at radius 1 is 1.24 bits per heavy atom. The molecule has 0 unspecified atom stereocenters. The van der Waals surface area contributed by atoms with Gasteiger partial charge in [-0.15, -0.1) is 0 Å². The van der Waals surface area contributed by atoms with Crippen LogP contribution < -0.4 is 10.1 Å². The normalized spacial score (nSPS) is 10.2. The van der Waals surface area contributed by atoms with E-state index in [9.17, 15) is 4.79 Å². The van der Waals surface area contributed by atoms with Gasteiger partial charge < -0.3 is 10.1 Å². The summed E-state index contributed by atoms with van der Waals surface area (Å²) < 4.78 is 5.61. The first-order chi connectivity index (χ1) is 10.2. The Morgan fingerprint density at radius 2 is 2.05 bits per heavy atom. The quantitative estimate of drug-likeness (QED) is 0.820. The number of benzene rings is 1. The van der Waals surface area contributed by atoms with Crippen molar-refractivity contribution in [3.8, 4) is 5.75 Å². The molecule has 1 heterocycles. The maximum Gasteiger partial charge on any atom is 0.256 e. The second-order valence-electron chi connectivity index (χ2n) is 4.85. The summed E-state index contributed by atoms with van der Waals surface area (Å²) >= 11 is 0. The molecule has 2 rings (SSSR count). The van der Waals surface area contributed by atoms with E-state index in [0.29, 0.717) is 23.7 Å². The summed E-state index contributed by atoms with van der Waals surface area (Å²) in [6.07, 6.45) is 2.09. The number of aromatic nitrogens is 1. The van der Waals surface area contributed by atoms with Crippen molar-refractivity contribution in [3.63, 3.8) is 0 Å². The molecule has 0 aliphatic rings. The SMILES string of the molecule is CCCCOc1cccc(C(=O)Nc2cccc(C)n2)c1. The zero-order valence-electron chi connectivity index (χ0n) is 12.4. The number of pyridine rings is 1. The zero-order valence-corrected chi connectivity index (χ0v) is 12.4. The van der Waals surface area contributed by atoms with Crippen LogP contribution in [0.1, 0.15) is 35.8 Å². The van der Waals surface area contributed by atoms with Crippen molar-refractivity contribution >= 4 is 11.7 Å². The number of carbonyl (C=O) groups excluding carboxylic acids is 1. The second kappa shape index (κ2) is 7.43. The van der Waals surface area contributed by atoms with Crippen LogP contribution in [-0.2, 0) is 0 Å². The number of carbonyl (C=O) groups is 1. The first kappa shape index (κ1) is 15.0. The van der Waals surface area contributed by atoms with Crippen molar-refractivity contribution in [2.45, 2.75) is 26.7 Å². The average molecular weight is 284 g/mol. The van der Waals surface area contributed by atoms with Gasteiger partial charge in [0, 0.05) is 11.3 Å². The van der Waals surface area contributed by atoms with E-state index in [2.05, 4.69) is 17.2 Å². The summed E-state index contributed by atoms with van der Waals surface area (Å²) in [7, 11) is 0. The summed E-state index contributed by atoms with van der Waals surface area (Å²) in [6.45, 7) is 4.67. The molecule has 110 valence electrons. The Bertz CT molecular complexity index is 611. The number of hydrogen-bond donors (Lipinski definition) is 1. The van der Waals surface area contributed by atoms with Gasteiger partial charge >= 0.3 is 0 Å². The first-order valence-corrected chi connectivity index (χ1v) is 7.17. The summed E-state index contributed by atoms with van der Waals surface area (Å²) in [5.74, 6) is 1.08. The minimum Gasteiger partial charge on any atom is -0.494 e. The fourth-order valence-electron chi connectivity index (χ4n) is 1.86. The van der Waals surface area contributed by atoms with Crippen molar-refractivity contribution < 1.29 is 9.53 Å². The molecule has 2 aromatic rings. The first-order valence-electron chi connectivity index (χ1n) is 7.17. The van der Waals surface area contributed by atoms with E-state index in [1.807, 2.05) is 31.2 Å². The Kier molecular flexibility index (Phi) is 5.32. The molecule has 0 fully saturated rings. The number of aryl methyl sites for hydroxylation is 1. The van der Waals surface area contributed by atoms with Crippen LogP contribution >= 0.6 is 0 Å². The zero-order chi connectivity index (χ0) is 15.1. The molecule has 0 radical (unpaired) electrons. The summed E-state index contributed by atoms with van der Waals surface area (Å²) in [6, 6.07) is 12.7. The molecule has 0 aliphatic carbocycles. The van der Waals surface area contributed by atoms with Gasteiger partial charge in [0.25, 0.3) is 5.91 Å². The Hall–Kier alpha value is -2.36. The fourth-order valence-corrected chi connectivity index (χ4v) is 1.86. The number of unbranched alkanes of at least 4 members (excludes halogenated alkanes) is 1. The smallest absolute Gasteiger partial charge is 0.256 e. The molecule has 0 bridgehead atoms. The Labute approximate surface area is 125 Å². The van der Waals surface area contributed by atoms with Crippen LogP contribution in [0, 0.1) is 6.92 Å². The van der Waals surface area contributed by atoms with Gasteiger partial charge in [-0.25, -0.2) is 4.98 Å². The molecule has 4 heteroatoms. The van der Waals surface area contributed by atoms with Gasteiger partial charge in [-0.05, 0) is 43.7 Å². The summed E-state index contributed by atoms with van der Waals surface area (Å²) in [5.41, 5.74) is 1.43. The minimum absolute atomic E-state index is 0.186. The van der Waals surface area contributed by atoms with Gasteiger partial charge in [0.05, 0.1) is 6.61 Å². The van der Waals surface area contributed by atoms with Crippen molar-refractivity contribution in [3.05, 3.63) is 53.7 Å². The Balaban J connectivity index is 2.03. The lowest BCUT2D eigenvalue weighted by molar-refractivity contribution is 0.102. The number of nitrogens with zero attached hydrogens (tertiary/aromatic N) is 1. The average Bonchev–Trinajstić information content (AvgIpc) is 2.48. The molecule has 4 nitrogen and oxygen atoms in total. The molecular weight excluding hydrogens is 264 g/mol. The molecule has 0 saturated heterocycles. The lowest BCUT2D eigenvalue weighted by atomic mass is 10.2. The maximum atomic E-state index is 12.2. The number of anilines is 1. The highest BCUT2D eigenvalue weighted by Crippen LogP contribution is 2.15. The number of nitrogens with one attached hydrogen (secondary N) is 1. The molecular formula is C17H20N2O2. The predicted octanol–water partition coefficient (Wildman–Crippen LogP) is 3.82. The molecule has 0 spiro atoms. The van der Waals surface area contributed by atoms with E-state index in [0.717, 1.165) is 18.5 Å². The van der Waals surface area contributed by atoms with Crippen LogP contribution in [0.3, 0.4) is 0 Å². The Morgan fingerprint density at radius 3 is 2.81 bits per heavy atom. The monoisotopic (exact) mass is 284 g/mol. The van der Waals surface area contributed by atoms with E-state index in [1.165, 1.54) is 0 Å². The molecule has 1 amide bonds. The van der Waals surface area contributed by atoms with Crippen molar-refractivity contribution in [1.82, 2.24) is 4.98 Å². The summed E-state index contributed by atoms with van der Waals surface area (Å²) in [4.78, 5) is 16.5.